The Morgan fingerprint density at radius 3 is 2.38 bits per heavy atom. The van der Waals surface area contributed by atoms with Gasteiger partial charge in [-0.15, -0.1) is 0 Å². The maximum atomic E-state index is 7.16. The molecule has 0 fully saturated rings. The van der Waals surface area contributed by atoms with Gasteiger partial charge in [0, 0.05) is 19.0 Å². The van der Waals surface area contributed by atoms with Gasteiger partial charge >= 0.3 is 0 Å². The molecule has 16 heavy (non-hydrogen) atoms. The van der Waals surface area contributed by atoms with E-state index < -0.39 is 0 Å². The van der Waals surface area contributed by atoms with Gasteiger partial charge in [0.15, 0.2) is 0 Å². The highest BCUT2D eigenvalue weighted by atomic mass is 15.2. The molecule has 0 saturated carbocycles. The predicted molar refractivity (Wildman–Crippen MR) is 71.0 cm³/mol. The first kappa shape index (κ1) is 15.4. The van der Waals surface area contributed by atoms with Crippen LogP contribution < -0.4 is 5.73 Å². The molecule has 3 N–H and O–H groups in total. The van der Waals surface area contributed by atoms with Gasteiger partial charge in [0.1, 0.15) is 0 Å². The van der Waals surface area contributed by atoms with Crippen molar-refractivity contribution in [3.63, 3.8) is 0 Å². The Morgan fingerprint density at radius 2 is 1.94 bits per heavy atom. The van der Waals surface area contributed by atoms with Crippen LogP contribution >= 0.6 is 0 Å². The number of amidine groups is 1. The monoisotopic (exact) mass is 228 g/mol. The molecule has 1 unspecified atom stereocenters. The standard InChI is InChI=1S/C12H28N4/c1-5-16(11(2)10-15(3)4)9-7-6-8-12(13)14/h11H,5-10H2,1-4H3,(H3,13,14). The van der Waals surface area contributed by atoms with Crippen molar-refractivity contribution in [1.82, 2.24) is 9.80 Å². The number of rotatable bonds is 9. The van der Waals surface area contributed by atoms with Gasteiger partial charge in [0.05, 0.1) is 5.84 Å². The summed E-state index contributed by atoms with van der Waals surface area (Å²) in [7, 11) is 4.22. The molecule has 0 heterocycles. The van der Waals surface area contributed by atoms with Crippen LogP contribution in [0.1, 0.15) is 33.1 Å². The maximum absolute atomic E-state index is 7.16. The summed E-state index contributed by atoms with van der Waals surface area (Å²) in [5, 5.41) is 7.16. The largest absolute Gasteiger partial charge is 0.388 e. The molecular formula is C12H28N4. The van der Waals surface area contributed by atoms with Crippen LogP contribution in [-0.4, -0.2) is 55.4 Å². The Balaban J connectivity index is 3.77. The summed E-state index contributed by atoms with van der Waals surface area (Å²) in [4.78, 5) is 4.71. The summed E-state index contributed by atoms with van der Waals surface area (Å²) < 4.78 is 0. The third-order valence-corrected chi connectivity index (χ3v) is 2.80. The molecular weight excluding hydrogens is 200 g/mol. The van der Waals surface area contributed by atoms with Crippen molar-refractivity contribution in [2.45, 2.75) is 39.2 Å². The first-order valence-corrected chi connectivity index (χ1v) is 6.19. The van der Waals surface area contributed by atoms with Gasteiger partial charge in [0.25, 0.3) is 0 Å². The van der Waals surface area contributed by atoms with E-state index in [1.165, 1.54) is 0 Å². The zero-order valence-electron chi connectivity index (χ0n) is 11.3. The van der Waals surface area contributed by atoms with Gasteiger partial charge in [-0.05, 0) is 47.0 Å². The van der Waals surface area contributed by atoms with Crippen molar-refractivity contribution in [1.29, 1.82) is 5.41 Å². The van der Waals surface area contributed by atoms with Crippen LogP contribution in [0.4, 0.5) is 0 Å². The molecule has 4 heteroatoms. The number of likely N-dealkylation sites (N-methyl/N-ethyl adjacent to an activating group) is 2. The molecule has 4 nitrogen and oxygen atoms in total. The van der Waals surface area contributed by atoms with Crippen LogP contribution in [0.3, 0.4) is 0 Å². The molecule has 0 bridgehead atoms. The Morgan fingerprint density at radius 1 is 1.31 bits per heavy atom. The zero-order valence-corrected chi connectivity index (χ0v) is 11.3. The van der Waals surface area contributed by atoms with E-state index in [0.29, 0.717) is 11.9 Å². The van der Waals surface area contributed by atoms with Gasteiger partial charge in [0.2, 0.25) is 0 Å². The Labute approximate surface area is 100 Å². The number of hydrogen-bond donors (Lipinski definition) is 2. The van der Waals surface area contributed by atoms with Gasteiger partial charge in [-0.25, -0.2) is 0 Å². The number of hydrogen-bond acceptors (Lipinski definition) is 3. The molecule has 0 aliphatic carbocycles. The van der Waals surface area contributed by atoms with Crippen LogP contribution in [0.5, 0.6) is 0 Å². The van der Waals surface area contributed by atoms with Crippen LogP contribution in [-0.2, 0) is 0 Å². The van der Waals surface area contributed by atoms with Crippen molar-refractivity contribution in [2.75, 3.05) is 33.7 Å². The van der Waals surface area contributed by atoms with Crippen LogP contribution in [0.25, 0.3) is 0 Å². The summed E-state index contributed by atoms with van der Waals surface area (Å²) in [6.45, 7) is 7.78. The maximum Gasteiger partial charge on any atom is 0.0905 e. The van der Waals surface area contributed by atoms with E-state index in [2.05, 4.69) is 37.7 Å². The Kier molecular flexibility index (Phi) is 8.21. The van der Waals surface area contributed by atoms with E-state index in [1.54, 1.807) is 0 Å². The minimum absolute atomic E-state index is 0.310. The summed E-state index contributed by atoms with van der Waals surface area (Å²) in [6.07, 6.45) is 2.89. The molecule has 0 aromatic heterocycles. The van der Waals surface area contributed by atoms with Crippen molar-refractivity contribution < 1.29 is 0 Å². The lowest BCUT2D eigenvalue weighted by Gasteiger charge is -2.29. The number of nitrogens with zero attached hydrogens (tertiary/aromatic N) is 2. The molecule has 0 spiro atoms. The van der Waals surface area contributed by atoms with Gasteiger partial charge in [-0.2, -0.15) is 0 Å². The first-order chi connectivity index (χ1) is 7.47. The zero-order chi connectivity index (χ0) is 12.6. The van der Waals surface area contributed by atoms with Gasteiger partial charge in [-0.1, -0.05) is 6.92 Å². The highest BCUT2D eigenvalue weighted by Crippen LogP contribution is 2.04. The first-order valence-electron chi connectivity index (χ1n) is 6.19. The molecule has 0 radical (unpaired) electrons. The van der Waals surface area contributed by atoms with Gasteiger partial charge < -0.3 is 10.6 Å². The van der Waals surface area contributed by atoms with Gasteiger partial charge in [-0.3, -0.25) is 10.3 Å². The Bertz CT molecular complexity index is 191. The molecule has 0 aliphatic rings. The lowest BCUT2D eigenvalue weighted by Crippen LogP contribution is -2.40. The minimum atomic E-state index is 0.310. The van der Waals surface area contributed by atoms with Crippen LogP contribution in [0.15, 0.2) is 0 Å². The molecule has 0 rings (SSSR count). The number of unbranched alkanes of at least 4 members (excludes halogenated alkanes) is 1. The summed E-state index contributed by atoms with van der Waals surface area (Å²) in [6, 6.07) is 0.595. The SMILES string of the molecule is CCN(CCCCC(=N)N)C(C)CN(C)C. The molecule has 0 saturated heterocycles. The highest BCUT2D eigenvalue weighted by molar-refractivity contribution is 5.76. The molecule has 0 aliphatic heterocycles. The smallest absolute Gasteiger partial charge is 0.0905 e. The molecule has 0 aromatic carbocycles. The molecule has 0 aromatic rings. The second-order valence-electron chi connectivity index (χ2n) is 4.72. The second kappa shape index (κ2) is 8.53. The summed E-state index contributed by atoms with van der Waals surface area (Å²) >= 11 is 0. The quantitative estimate of drug-likeness (QED) is 0.356. The van der Waals surface area contributed by atoms with Crippen molar-refractivity contribution >= 4 is 5.84 Å². The Hall–Kier alpha value is -0.610. The van der Waals surface area contributed by atoms with Crippen LogP contribution in [0.2, 0.25) is 0 Å². The van der Waals surface area contributed by atoms with E-state index >= 15 is 0 Å². The topological polar surface area (TPSA) is 56.4 Å². The fourth-order valence-corrected chi connectivity index (χ4v) is 1.96. The fourth-order valence-electron chi connectivity index (χ4n) is 1.96. The van der Waals surface area contributed by atoms with E-state index in [4.69, 9.17) is 11.1 Å². The lowest BCUT2D eigenvalue weighted by atomic mass is 10.2. The predicted octanol–water partition coefficient (Wildman–Crippen LogP) is 1.36. The number of nitrogens with two attached hydrogens (primary N) is 1. The van der Waals surface area contributed by atoms with E-state index in [0.717, 1.165) is 38.9 Å². The van der Waals surface area contributed by atoms with E-state index in [9.17, 15) is 0 Å². The third-order valence-electron chi connectivity index (χ3n) is 2.80. The highest BCUT2D eigenvalue weighted by Gasteiger charge is 2.11. The van der Waals surface area contributed by atoms with Crippen molar-refractivity contribution in [2.24, 2.45) is 5.73 Å². The van der Waals surface area contributed by atoms with Crippen molar-refractivity contribution in [3.8, 4) is 0 Å². The fraction of sp³-hybridized carbons (Fsp3) is 0.917. The van der Waals surface area contributed by atoms with Crippen LogP contribution in [0, 0.1) is 5.41 Å². The summed E-state index contributed by atoms with van der Waals surface area (Å²) in [5.74, 6) is 0.310. The van der Waals surface area contributed by atoms with E-state index in [1.807, 2.05) is 0 Å². The average Bonchev–Trinajstić information content (AvgIpc) is 2.16. The second-order valence-corrected chi connectivity index (χ2v) is 4.72. The third kappa shape index (κ3) is 7.65. The molecule has 1 atom stereocenters. The average molecular weight is 228 g/mol. The molecule has 0 amide bonds. The van der Waals surface area contributed by atoms with Crippen molar-refractivity contribution in [3.05, 3.63) is 0 Å². The number of nitrogens with one attached hydrogen (secondary N) is 1. The minimum Gasteiger partial charge on any atom is -0.388 e. The lowest BCUT2D eigenvalue weighted by molar-refractivity contribution is 0.179. The summed E-state index contributed by atoms with van der Waals surface area (Å²) in [5.41, 5.74) is 5.33. The molecule has 96 valence electrons. The van der Waals surface area contributed by atoms with E-state index in [-0.39, 0.29) is 0 Å². The normalized spacial score (nSPS) is 13.4.